The Bertz CT molecular complexity index is 401. The zero-order chi connectivity index (χ0) is 14.8. The fourth-order valence-electron chi connectivity index (χ4n) is 1.54. The van der Waals surface area contributed by atoms with Crippen LogP contribution in [-0.4, -0.2) is 51.0 Å². The molecule has 7 heteroatoms. The number of urea groups is 1. The van der Waals surface area contributed by atoms with Crippen molar-refractivity contribution >= 4 is 29.0 Å². The highest BCUT2D eigenvalue weighted by atomic mass is 35.5. The highest BCUT2D eigenvalue weighted by Crippen LogP contribution is 2.22. The highest BCUT2D eigenvalue weighted by Gasteiger charge is 2.12. The van der Waals surface area contributed by atoms with Crippen LogP contribution in [0.5, 0.6) is 0 Å². The van der Waals surface area contributed by atoms with Crippen molar-refractivity contribution in [3.63, 3.8) is 0 Å². The molecule has 0 bridgehead atoms. The van der Waals surface area contributed by atoms with Crippen LogP contribution in [-0.2, 0) is 16.0 Å². The summed E-state index contributed by atoms with van der Waals surface area (Å²) in [5, 5.41) is 2.83. The van der Waals surface area contributed by atoms with Gasteiger partial charge in [-0.15, -0.1) is 11.3 Å². The molecule has 0 aliphatic heterocycles. The van der Waals surface area contributed by atoms with Gasteiger partial charge >= 0.3 is 6.03 Å². The summed E-state index contributed by atoms with van der Waals surface area (Å²) >= 11 is 7.37. The first-order valence-electron chi connectivity index (χ1n) is 6.51. The molecule has 0 aromatic carbocycles. The van der Waals surface area contributed by atoms with E-state index >= 15 is 0 Å². The minimum Gasteiger partial charge on any atom is -0.382 e. The quantitative estimate of drug-likeness (QED) is 0.712. The standard InChI is InChI=1S/C13H21ClN2O3S/c1-3-16(10-11-4-5-12(14)20-11)13(17)15-6-7-19-9-8-18-2/h4-5H,3,6-10H2,1-2H3,(H,15,17). The van der Waals surface area contributed by atoms with Gasteiger partial charge in [0.15, 0.2) is 0 Å². The Kier molecular flexibility index (Phi) is 8.60. The van der Waals surface area contributed by atoms with Gasteiger partial charge in [-0.25, -0.2) is 4.79 Å². The van der Waals surface area contributed by atoms with E-state index in [0.717, 1.165) is 9.21 Å². The number of hydrogen-bond acceptors (Lipinski definition) is 4. The molecule has 0 atom stereocenters. The van der Waals surface area contributed by atoms with Crippen molar-refractivity contribution in [2.45, 2.75) is 13.5 Å². The van der Waals surface area contributed by atoms with E-state index in [1.807, 2.05) is 19.1 Å². The summed E-state index contributed by atoms with van der Waals surface area (Å²) in [6.45, 7) is 5.24. The number of carbonyl (C=O) groups excluding carboxylic acids is 1. The third-order valence-electron chi connectivity index (χ3n) is 2.60. The smallest absolute Gasteiger partial charge is 0.317 e. The number of nitrogens with zero attached hydrogens (tertiary/aromatic N) is 1. The number of carbonyl (C=O) groups is 1. The van der Waals surface area contributed by atoms with Gasteiger partial charge in [0.1, 0.15) is 0 Å². The van der Waals surface area contributed by atoms with Crippen molar-refractivity contribution in [3.8, 4) is 0 Å². The van der Waals surface area contributed by atoms with Crippen molar-refractivity contribution < 1.29 is 14.3 Å². The Morgan fingerprint density at radius 2 is 2.20 bits per heavy atom. The Hall–Kier alpha value is -0.820. The number of hydrogen-bond donors (Lipinski definition) is 1. The maximum Gasteiger partial charge on any atom is 0.317 e. The van der Waals surface area contributed by atoms with E-state index in [0.29, 0.717) is 39.5 Å². The SMILES string of the molecule is CCN(Cc1ccc(Cl)s1)C(=O)NCCOCCOC. The van der Waals surface area contributed by atoms with E-state index in [2.05, 4.69) is 5.32 Å². The summed E-state index contributed by atoms with van der Waals surface area (Å²) < 4.78 is 10.9. The molecule has 0 aliphatic carbocycles. The zero-order valence-corrected chi connectivity index (χ0v) is 13.4. The van der Waals surface area contributed by atoms with Gasteiger partial charge in [-0.1, -0.05) is 11.6 Å². The number of amides is 2. The molecule has 20 heavy (non-hydrogen) atoms. The summed E-state index contributed by atoms with van der Waals surface area (Å²) in [6.07, 6.45) is 0. The summed E-state index contributed by atoms with van der Waals surface area (Å²) in [5.74, 6) is 0. The van der Waals surface area contributed by atoms with Crippen molar-refractivity contribution in [2.24, 2.45) is 0 Å². The average Bonchev–Trinajstić information content (AvgIpc) is 2.85. The molecule has 0 fully saturated rings. The molecule has 114 valence electrons. The van der Waals surface area contributed by atoms with Crippen molar-refractivity contribution in [1.29, 1.82) is 0 Å². The van der Waals surface area contributed by atoms with Gasteiger partial charge in [0, 0.05) is 25.1 Å². The van der Waals surface area contributed by atoms with E-state index in [-0.39, 0.29) is 6.03 Å². The van der Waals surface area contributed by atoms with Crippen LogP contribution in [0.2, 0.25) is 4.34 Å². The van der Waals surface area contributed by atoms with Crippen LogP contribution in [0.15, 0.2) is 12.1 Å². The first kappa shape index (κ1) is 17.2. The maximum absolute atomic E-state index is 12.0. The molecule has 0 saturated heterocycles. The van der Waals surface area contributed by atoms with Gasteiger partial charge < -0.3 is 19.7 Å². The second-order valence-electron chi connectivity index (χ2n) is 4.06. The highest BCUT2D eigenvalue weighted by molar-refractivity contribution is 7.16. The second-order valence-corrected chi connectivity index (χ2v) is 5.86. The minimum absolute atomic E-state index is 0.0904. The molecule has 0 radical (unpaired) electrons. The number of thiophene rings is 1. The number of ether oxygens (including phenoxy) is 2. The van der Waals surface area contributed by atoms with Crippen LogP contribution in [0, 0.1) is 0 Å². The van der Waals surface area contributed by atoms with Gasteiger partial charge in [0.05, 0.1) is 30.7 Å². The van der Waals surface area contributed by atoms with Gasteiger partial charge in [0.25, 0.3) is 0 Å². The number of halogens is 1. The van der Waals surface area contributed by atoms with Gasteiger partial charge in [-0.3, -0.25) is 0 Å². The maximum atomic E-state index is 12.0. The van der Waals surface area contributed by atoms with Crippen LogP contribution >= 0.6 is 22.9 Å². The molecule has 5 nitrogen and oxygen atoms in total. The fourth-order valence-corrected chi connectivity index (χ4v) is 2.64. The molecule has 1 N–H and O–H groups in total. The molecule has 0 spiro atoms. The van der Waals surface area contributed by atoms with Crippen LogP contribution in [0.25, 0.3) is 0 Å². The molecule has 0 aliphatic rings. The largest absolute Gasteiger partial charge is 0.382 e. The van der Waals surface area contributed by atoms with E-state index < -0.39 is 0 Å². The van der Waals surface area contributed by atoms with Crippen molar-refractivity contribution in [2.75, 3.05) is 40.0 Å². The van der Waals surface area contributed by atoms with E-state index in [1.165, 1.54) is 11.3 Å². The van der Waals surface area contributed by atoms with E-state index in [9.17, 15) is 4.79 Å². The van der Waals surface area contributed by atoms with Crippen LogP contribution < -0.4 is 5.32 Å². The number of methoxy groups -OCH3 is 1. The third-order valence-corrected chi connectivity index (χ3v) is 3.81. The van der Waals surface area contributed by atoms with Crippen LogP contribution in [0.1, 0.15) is 11.8 Å². The topological polar surface area (TPSA) is 50.8 Å². The summed E-state index contributed by atoms with van der Waals surface area (Å²) in [4.78, 5) is 14.8. The monoisotopic (exact) mass is 320 g/mol. The van der Waals surface area contributed by atoms with Crippen LogP contribution in [0.3, 0.4) is 0 Å². The molecule has 1 aromatic rings. The van der Waals surface area contributed by atoms with Gasteiger partial charge in [-0.05, 0) is 19.1 Å². The minimum atomic E-state index is -0.0904. The lowest BCUT2D eigenvalue weighted by Crippen LogP contribution is -2.40. The molecule has 2 amide bonds. The second kappa shape index (κ2) is 9.99. The number of nitrogens with one attached hydrogen (secondary N) is 1. The first-order chi connectivity index (χ1) is 9.67. The third kappa shape index (κ3) is 6.56. The normalized spacial score (nSPS) is 10.6. The lowest BCUT2D eigenvalue weighted by atomic mass is 10.4. The number of rotatable bonds is 9. The Labute approximate surface area is 128 Å². The molecule has 1 rings (SSSR count). The van der Waals surface area contributed by atoms with Gasteiger partial charge in [-0.2, -0.15) is 0 Å². The molecule has 0 unspecified atom stereocenters. The summed E-state index contributed by atoms with van der Waals surface area (Å²) in [7, 11) is 1.63. The van der Waals surface area contributed by atoms with Crippen molar-refractivity contribution in [3.05, 3.63) is 21.3 Å². The molecular weight excluding hydrogens is 300 g/mol. The molecular formula is C13H21ClN2O3S. The fraction of sp³-hybridized carbons (Fsp3) is 0.615. The van der Waals surface area contributed by atoms with E-state index in [4.69, 9.17) is 21.1 Å². The van der Waals surface area contributed by atoms with E-state index in [1.54, 1.807) is 12.0 Å². The summed E-state index contributed by atoms with van der Waals surface area (Å²) in [6, 6.07) is 3.70. The average molecular weight is 321 g/mol. The lowest BCUT2D eigenvalue weighted by molar-refractivity contribution is 0.0720. The molecule has 1 aromatic heterocycles. The summed E-state index contributed by atoms with van der Waals surface area (Å²) in [5.41, 5.74) is 0. The molecule has 0 saturated carbocycles. The first-order valence-corrected chi connectivity index (χ1v) is 7.70. The zero-order valence-electron chi connectivity index (χ0n) is 11.9. The van der Waals surface area contributed by atoms with Gasteiger partial charge in [0.2, 0.25) is 0 Å². The molecule has 1 heterocycles. The predicted octanol–water partition coefficient (Wildman–Crippen LogP) is 2.60. The van der Waals surface area contributed by atoms with Crippen molar-refractivity contribution in [1.82, 2.24) is 10.2 Å². The Morgan fingerprint density at radius 1 is 1.40 bits per heavy atom. The predicted molar refractivity (Wildman–Crippen MR) is 81.5 cm³/mol. The van der Waals surface area contributed by atoms with Crippen LogP contribution in [0.4, 0.5) is 4.79 Å². The Balaban J connectivity index is 2.25. The Morgan fingerprint density at radius 3 is 2.80 bits per heavy atom. The lowest BCUT2D eigenvalue weighted by Gasteiger charge is -2.20.